The van der Waals surface area contributed by atoms with E-state index in [1.165, 1.54) is 17.5 Å². The molecule has 0 fully saturated rings. The Bertz CT molecular complexity index is 697. The Morgan fingerprint density at radius 2 is 2.10 bits per heavy atom. The van der Waals surface area contributed by atoms with Crippen LogP contribution in [0.15, 0.2) is 18.3 Å². The standard InChI is InChI=1S/C13H12ClN3O2S/c1-6-7(2)20-13(9(6)11(15)18)17-12(19)8-4-3-5-16-10(8)14/h3-5H,1-2H3,(H2,15,18)(H,17,19). The fourth-order valence-corrected chi connectivity index (χ4v) is 3.00. The molecule has 0 saturated heterocycles. The highest BCUT2D eigenvalue weighted by atomic mass is 35.5. The number of halogens is 1. The SMILES string of the molecule is Cc1sc(NC(=O)c2cccnc2Cl)c(C(N)=O)c1C. The van der Waals surface area contributed by atoms with Crippen molar-refractivity contribution < 1.29 is 9.59 Å². The van der Waals surface area contributed by atoms with Gasteiger partial charge in [0.15, 0.2) is 0 Å². The minimum Gasteiger partial charge on any atom is -0.365 e. The van der Waals surface area contributed by atoms with Crippen LogP contribution in [0.4, 0.5) is 5.00 Å². The smallest absolute Gasteiger partial charge is 0.259 e. The Balaban J connectivity index is 2.36. The van der Waals surface area contributed by atoms with Gasteiger partial charge in [0.2, 0.25) is 0 Å². The van der Waals surface area contributed by atoms with E-state index in [1.807, 2.05) is 6.92 Å². The Hall–Kier alpha value is -1.92. The van der Waals surface area contributed by atoms with Gasteiger partial charge < -0.3 is 11.1 Å². The van der Waals surface area contributed by atoms with Gasteiger partial charge in [-0.3, -0.25) is 9.59 Å². The van der Waals surface area contributed by atoms with Gasteiger partial charge in [0, 0.05) is 11.1 Å². The van der Waals surface area contributed by atoms with Crippen LogP contribution in [0.1, 0.15) is 31.2 Å². The minimum atomic E-state index is -0.570. The summed E-state index contributed by atoms with van der Waals surface area (Å²) in [6.07, 6.45) is 1.49. The summed E-state index contributed by atoms with van der Waals surface area (Å²) in [5, 5.41) is 3.20. The summed E-state index contributed by atoms with van der Waals surface area (Å²) in [4.78, 5) is 28.4. The zero-order valence-corrected chi connectivity index (χ0v) is 12.4. The van der Waals surface area contributed by atoms with E-state index in [9.17, 15) is 9.59 Å². The normalized spacial score (nSPS) is 10.3. The number of hydrogen-bond acceptors (Lipinski definition) is 4. The van der Waals surface area contributed by atoms with Crippen molar-refractivity contribution in [1.29, 1.82) is 0 Å². The number of primary amides is 1. The number of aryl methyl sites for hydroxylation is 1. The molecule has 0 aliphatic carbocycles. The molecular weight excluding hydrogens is 298 g/mol. The maximum absolute atomic E-state index is 12.1. The molecule has 3 N–H and O–H groups in total. The molecular formula is C13H12ClN3O2S. The number of carbonyl (C=O) groups excluding carboxylic acids is 2. The molecule has 2 heterocycles. The number of rotatable bonds is 3. The first kappa shape index (κ1) is 14.5. The molecule has 7 heteroatoms. The molecule has 0 bridgehead atoms. The molecule has 0 unspecified atom stereocenters. The van der Waals surface area contributed by atoms with E-state index in [1.54, 1.807) is 19.1 Å². The van der Waals surface area contributed by atoms with Crippen LogP contribution in [0.25, 0.3) is 0 Å². The number of hydrogen-bond donors (Lipinski definition) is 2. The molecule has 0 spiro atoms. The third kappa shape index (κ3) is 2.66. The Morgan fingerprint density at radius 3 is 2.70 bits per heavy atom. The van der Waals surface area contributed by atoms with Crippen molar-refractivity contribution >= 4 is 39.8 Å². The number of nitrogens with one attached hydrogen (secondary N) is 1. The summed E-state index contributed by atoms with van der Waals surface area (Å²) >= 11 is 7.17. The lowest BCUT2D eigenvalue weighted by Crippen LogP contribution is -2.17. The van der Waals surface area contributed by atoms with Gasteiger partial charge in [-0.15, -0.1) is 11.3 Å². The number of aromatic nitrogens is 1. The molecule has 2 amide bonds. The van der Waals surface area contributed by atoms with Gasteiger partial charge in [-0.05, 0) is 31.5 Å². The van der Waals surface area contributed by atoms with E-state index in [4.69, 9.17) is 17.3 Å². The average Bonchev–Trinajstić information content (AvgIpc) is 2.65. The maximum Gasteiger partial charge on any atom is 0.259 e. The second kappa shape index (κ2) is 5.60. The van der Waals surface area contributed by atoms with Crippen LogP contribution in [0.2, 0.25) is 5.15 Å². The summed E-state index contributed by atoms with van der Waals surface area (Å²) in [6.45, 7) is 3.65. The molecule has 0 radical (unpaired) electrons. The van der Waals surface area contributed by atoms with Crippen molar-refractivity contribution in [3.63, 3.8) is 0 Å². The maximum atomic E-state index is 12.1. The van der Waals surface area contributed by atoms with E-state index in [-0.39, 0.29) is 10.7 Å². The van der Waals surface area contributed by atoms with Crippen LogP contribution in [-0.2, 0) is 0 Å². The first-order valence-corrected chi connectivity index (χ1v) is 6.93. The predicted molar refractivity (Wildman–Crippen MR) is 79.5 cm³/mol. The number of amides is 2. The number of anilines is 1. The summed E-state index contributed by atoms with van der Waals surface area (Å²) in [5.74, 6) is -0.994. The first-order valence-electron chi connectivity index (χ1n) is 5.73. The summed E-state index contributed by atoms with van der Waals surface area (Å²) in [7, 11) is 0. The average molecular weight is 310 g/mol. The van der Waals surface area contributed by atoms with Gasteiger partial charge in [-0.1, -0.05) is 11.6 Å². The summed E-state index contributed by atoms with van der Waals surface area (Å²) in [5.41, 5.74) is 6.70. The fourth-order valence-electron chi connectivity index (χ4n) is 1.74. The molecule has 0 aliphatic rings. The second-order valence-electron chi connectivity index (χ2n) is 4.15. The number of carbonyl (C=O) groups is 2. The second-order valence-corrected chi connectivity index (χ2v) is 5.73. The zero-order valence-electron chi connectivity index (χ0n) is 10.9. The van der Waals surface area contributed by atoms with Crippen LogP contribution in [0.5, 0.6) is 0 Å². The van der Waals surface area contributed by atoms with Gasteiger partial charge >= 0.3 is 0 Å². The summed E-state index contributed by atoms with van der Waals surface area (Å²) < 4.78 is 0. The van der Waals surface area contributed by atoms with Crippen LogP contribution < -0.4 is 11.1 Å². The molecule has 20 heavy (non-hydrogen) atoms. The van der Waals surface area contributed by atoms with Crippen LogP contribution in [0.3, 0.4) is 0 Å². The lowest BCUT2D eigenvalue weighted by molar-refractivity contribution is 0.100. The van der Waals surface area contributed by atoms with Gasteiger partial charge in [0.1, 0.15) is 10.2 Å². The highest BCUT2D eigenvalue weighted by Crippen LogP contribution is 2.32. The van der Waals surface area contributed by atoms with Crippen LogP contribution >= 0.6 is 22.9 Å². The predicted octanol–water partition coefficient (Wildman–Crippen LogP) is 2.76. The van der Waals surface area contributed by atoms with Gasteiger partial charge in [0.25, 0.3) is 11.8 Å². The number of pyridine rings is 1. The summed E-state index contributed by atoms with van der Waals surface area (Å²) in [6, 6.07) is 3.17. The molecule has 0 aliphatic heterocycles. The molecule has 2 rings (SSSR count). The van der Waals surface area contributed by atoms with Gasteiger partial charge in [-0.25, -0.2) is 4.98 Å². The number of nitrogens with two attached hydrogens (primary N) is 1. The van der Waals surface area contributed by atoms with E-state index >= 15 is 0 Å². The Kier molecular flexibility index (Phi) is 4.06. The quantitative estimate of drug-likeness (QED) is 0.855. The zero-order chi connectivity index (χ0) is 14.9. The Morgan fingerprint density at radius 1 is 1.40 bits per heavy atom. The van der Waals surface area contributed by atoms with Crippen LogP contribution in [-0.4, -0.2) is 16.8 Å². The van der Waals surface area contributed by atoms with Crippen molar-refractivity contribution in [2.75, 3.05) is 5.32 Å². The molecule has 104 valence electrons. The highest BCUT2D eigenvalue weighted by molar-refractivity contribution is 7.16. The number of nitrogens with zero attached hydrogens (tertiary/aromatic N) is 1. The largest absolute Gasteiger partial charge is 0.365 e. The first-order chi connectivity index (χ1) is 9.41. The molecule has 5 nitrogen and oxygen atoms in total. The van der Waals surface area contributed by atoms with Crippen LogP contribution in [0, 0.1) is 13.8 Å². The fraction of sp³-hybridized carbons (Fsp3) is 0.154. The molecule has 0 aromatic carbocycles. The lowest BCUT2D eigenvalue weighted by Gasteiger charge is -2.06. The van der Waals surface area contributed by atoms with E-state index in [0.29, 0.717) is 10.6 Å². The van der Waals surface area contributed by atoms with Gasteiger partial charge in [-0.2, -0.15) is 0 Å². The third-order valence-corrected chi connectivity index (χ3v) is 4.29. The molecule has 0 saturated carbocycles. The molecule has 2 aromatic heterocycles. The molecule has 0 atom stereocenters. The monoisotopic (exact) mass is 309 g/mol. The van der Waals surface area contributed by atoms with Crippen molar-refractivity contribution in [2.24, 2.45) is 5.73 Å². The van der Waals surface area contributed by atoms with E-state index in [0.717, 1.165) is 10.4 Å². The topological polar surface area (TPSA) is 85.1 Å². The van der Waals surface area contributed by atoms with Crippen molar-refractivity contribution in [1.82, 2.24) is 4.98 Å². The lowest BCUT2D eigenvalue weighted by atomic mass is 10.1. The van der Waals surface area contributed by atoms with Crippen molar-refractivity contribution in [3.8, 4) is 0 Å². The highest BCUT2D eigenvalue weighted by Gasteiger charge is 2.20. The van der Waals surface area contributed by atoms with Gasteiger partial charge in [0.05, 0.1) is 11.1 Å². The number of thiophene rings is 1. The third-order valence-electron chi connectivity index (χ3n) is 2.86. The minimum absolute atomic E-state index is 0.107. The van der Waals surface area contributed by atoms with Crippen molar-refractivity contribution in [3.05, 3.63) is 45.1 Å². The molecule has 2 aromatic rings. The van der Waals surface area contributed by atoms with E-state index in [2.05, 4.69) is 10.3 Å². The van der Waals surface area contributed by atoms with Crippen molar-refractivity contribution in [2.45, 2.75) is 13.8 Å². The Labute approximate surface area is 124 Å². The van der Waals surface area contributed by atoms with E-state index < -0.39 is 11.8 Å².